The van der Waals surface area contributed by atoms with Gasteiger partial charge in [0.1, 0.15) is 11.3 Å². The molecule has 1 atom stereocenters. The lowest BCUT2D eigenvalue weighted by Crippen LogP contribution is -2.53. The molecule has 2 amide bonds. The zero-order valence-corrected chi connectivity index (χ0v) is 30.1. The number of aryl methyl sites for hydroxylation is 2. The molecule has 1 aromatic heterocycles. The molecular weight excluding hydrogens is 662 g/mol. The van der Waals surface area contributed by atoms with Crippen molar-refractivity contribution in [2.24, 2.45) is 0 Å². The number of carbonyl (C=O) groups excluding carboxylic acids is 2. The summed E-state index contributed by atoms with van der Waals surface area (Å²) < 4.78 is 46.8. The molecule has 0 radical (unpaired) electrons. The molecule has 3 aromatic rings. The quantitative estimate of drug-likeness (QED) is 0.348. The fraction of sp³-hybridized carbons (Fsp3) is 0.528. The third-order valence-corrected chi connectivity index (χ3v) is 12.7. The highest BCUT2D eigenvalue weighted by molar-refractivity contribution is 7.87. The standard InChI is InChI=1S/C36H45N5O8S/c1-21-16-30(39-15-14-38(3)26(18-39)20-47-4)22(2)33-32(21)27-12-13-40(19-29(27)36(44)49-33)35(43)23-6-11-28(31(17-23)48-5)34(42)37-50(45,46)41-24-7-8-25(41)10-9-24/h6,11,16-17,24-26H,7-10,12-15,18-20H2,1-5H3,(H,37,42). The lowest BCUT2D eigenvalue weighted by atomic mass is 9.92. The first-order valence-corrected chi connectivity index (χ1v) is 18.7. The second-order valence-electron chi connectivity index (χ2n) is 14.0. The van der Waals surface area contributed by atoms with Gasteiger partial charge in [0.05, 0.1) is 37.4 Å². The van der Waals surface area contributed by atoms with Gasteiger partial charge in [-0.3, -0.25) is 14.5 Å². The molecule has 1 N–H and O–H groups in total. The van der Waals surface area contributed by atoms with Crippen LogP contribution in [-0.2, 0) is 27.9 Å². The number of fused-ring (bicyclic) bond motifs is 5. The number of methoxy groups -OCH3 is 2. The Morgan fingerprint density at radius 1 is 1.00 bits per heavy atom. The Morgan fingerprint density at radius 3 is 2.40 bits per heavy atom. The summed E-state index contributed by atoms with van der Waals surface area (Å²) in [6, 6.07) is 6.59. The van der Waals surface area contributed by atoms with Gasteiger partial charge >= 0.3 is 15.8 Å². The molecule has 14 heteroatoms. The van der Waals surface area contributed by atoms with Crippen molar-refractivity contribution >= 4 is 38.7 Å². The van der Waals surface area contributed by atoms with Crippen molar-refractivity contribution in [2.75, 3.05) is 59.0 Å². The van der Waals surface area contributed by atoms with E-state index < -0.39 is 21.7 Å². The van der Waals surface area contributed by atoms with Crippen LogP contribution >= 0.6 is 0 Å². The van der Waals surface area contributed by atoms with Crippen molar-refractivity contribution < 1.29 is 31.9 Å². The highest BCUT2D eigenvalue weighted by atomic mass is 32.2. The van der Waals surface area contributed by atoms with Crippen LogP contribution in [0.15, 0.2) is 33.5 Å². The zero-order chi connectivity index (χ0) is 35.5. The number of amides is 2. The van der Waals surface area contributed by atoms with Gasteiger partial charge < -0.3 is 23.7 Å². The van der Waals surface area contributed by atoms with Crippen molar-refractivity contribution in [2.45, 2.75) is 70.6 Å². The van der Waals surface area contributed by atoms with Gasteiger partial charge in [-0.15, -0.1) is 0 Å². The smallest absolute Gasteiger partial charge is 0.341 e. The third kappa shape index (κ3) is 5.95. The number of carbonyl (C=O) groups is 2. The van der Waals surface area contributed by atoms with Gasteiger partial charge in [0.15, 0.2) is 0 Å². The van der Waals surface area contributed by atoms with Crippen molar-refractivity contribution in [3.8, 4) is 5.75 Å². The first-order chi connectivity index (χ1) is 23.9. The molecule has 0 spiro atoms. The van der Waals surface area contributed by atoms with Gasteiger partial charge in [-0.25, -0.2) is 9.52 Å². The molecule has 7 rings (SSSR count). The molecular formula is C36H45N5O8S. The van der Waals surface area contributed by atoms with E-state index in [1.807, 2.05) is 13.8 Å². The summed E-state index contributed by atoms with van der Waals surface area (Å²) in [5.74, 6) is -1.09. The highest BCUT2D eigenvalue weighted by Gasteiger charge is 2.47. The normalized spacial score (nSPS) is 22.6. The predicted octanol–water partition coefficient (Wildman–Crippen LogP) is 2.99. The molecule has 4 aliphatic rings. The SMILES string of the molecule is COCC1CN(c2cc(C)c3c4c(c(=O)oc3c2C)CN(C(=O)c2ccc(C(=O)NS(=O)(=O)N3C5CCC3CC5)c(OC)c2)CC4)CCN1C. The predicted molar refractivity (Wildman–Crippen MR) is 188 cm³/mol. The molecule has 50 heavy (non-hydrogen) atoms. The van der Waals surface area contributed by atoms with E-state index in [4.69, 9.17) is 13.9 Å². The van der Waals surface area contributed by atoms with Crippen LogP contribution in [0.3, 0.4) is 0 Å². The van der Waals surface area contributed by atoms with E-state index in [1.54, 1.807) is 12.0 Å². The minimum atomic E-state index is -4.02. The van der Waals surface area contributed by atoms with Crippen molar-refractivity contribution in [1.82, 2.24) is 18.8 Å². The molecule has 268 valence electrons. The maximum Gasteiger partial charge on any atom is 0.341 e. The topological polar surface area (TPSA) is 142 Å². The van der Waals surface area contributed by atoms with E-state index in [2.05, 4.69) is 27.6 Å². The van der Waals surface area contributed by atoms with Gasteiger partial charge in [0.2, 0.25) is 0 Å². The van der Waals surface area contributed by atoms with Crippen LogP contribution in [-0.4, -0.2) is 107 Å². The van der Waals surface area contributed by atoms with E-state index >= 15 is 0 Å². The molecule has 5 heterocycles. The van der Waals surface area contributed by atoms with Gasteiger partial charge in [0.25, 0.3) is 11.8 Å². The van der Waals surface area contributed by atoms with Crippen LogP contribution in [0, 0.1) is 13.8 Å². The monoisotopic (exact) mass is 707 g/mol. The number of piperazine rings is 1. The van der Waals surface area contributed by atoms with Gasteiger partial charge in [0, 0.05) is 67.6 Å². The minimum absolute atomic E-state index is 0.00581. The first kappa shape index (κ1) is 34.5. The summed E-state index contributed by atoms with van der Waals surface area (Å²) >= 11 is 0. The third-order valence-electron chi connectivity index (χ3n) is 11.1. The van der Waals surface area contributed by atoms with E-state index in [0.29, 0.717) is 30.7 Å². The maximum atomic E-state index is 13.8. The summed E-state index contributed by atoms with van der Waals surface area (Å²) in [6.07, 6.45) is 3.66. The number of nitrogens with one attached hydrogen (secondary N) is 1. The van der Waals surface area contributed by atoms with Crippen LogP contribution in [0.25, 0.3) is 11.0 Å². The molecule has 13 nitrogen and oxygen atoms in total. The zero-order valence-electron chi connectivity index (χ0n) is 29.3. The Hall–Kier alpha value is -3.98. The maximum absolute atomic E-state index is 13.8. The Morgan fingerprint density at radius 2 is 1.72 bits per heavy atom. The average molecular weight is 708 g/mol. The number of anilines is 1. The van der Waals surface area contributed by atoms with Crippen LogP contribution in [0.1, 0.15) is 68.7 Å². The fourth-order valence-corrected chi connectivity index (χ4v) is 10.1. The van der Waals surface area contributed by atoms with E-state index in [0.717, 1.165) is 73.1 Å². The molecule has 0 aliphatic carbocycles. The van der Waals surface area contributed by atoms with Gasteiger partial charge in [-0.05, 0) is 88.4 Å². The van der Waals surface area contributed by atoms with Crippen molar-refractivity contribution in [3.05, 3.63) is 68.1 Å². The number of benzene rings is 2. The summed E-state index contributed by atoms with van der Waals surface area (Å²) in [5.41, 5.74) is 4.72. The van der Waals surface area contributed by atoms with Crippen LogP contribution in [0.5, 0.6) is 5.75 Å². The van der Waals surface area contributed by atoms with Crippen molar-refractivity contribution in [3.63, 3.8) is 0 Å². The van der Waals surface area contributed by atoms with E-state index in [9.17, 15) is 22.8 Å². The molecule has 3 saturated heterocycles. The Labute approximate surface area is 292 Å². The number of nitrogens with zero attached hydrogens (tertiary/aromatic N) is 4. The average Bonchev–Trinajstić information content (AvgIpc) is 3.72. The highest BCUT2D eigenvalue weighted by Crippen LogP contribution is 2.39. The summed E-state index contributed by atoms with van der Waals surface area (Å²) in [7, 11) is 1.16. The lowest BCUT2D eigenvalue weighted by Gasteiger charge is -2.41. The Balaban J connectivity index is 1.11. The van der Waals surface area contributed by atoms with Gasteiger partial charge in [-0.2, -0.15) is 12.7 Å². The number of rotatable bonds is 8. The molecule has 0 saturated carbocycles. The number of hydrogen-bond acceptors (Lipinski definition) is 10. The molecule has 4 aliphatic heterocycles. The molecule has 2 bridgehead atoms. The molecule has 1 unspecified atom stereocenters. The number of ether oxygens (including phenoxy) is 2. The Kier molecular flexibility index (Phi) is 9.16. The molecule has 2 aromatic carbocycles. The van der Waals surface area contributed by atoms with E-state index in [1.165, 1.54) is 29.6 Å². The first-order valence-electron chi connectivity index (χ1n) is 17.3. The fourth-order valence-electron chi connectivity index (χ4n) is 8.47. The minimum Gasteiger partial charge on any atom is -0.496 e. The summed E-state index contributed by atoms with van der Waals surface area (Å²) in [5, 5.41) is 0.921. The van der Waals surface area contributed by atoms with Crippen molar-refractivity contribution in [1.29, 1.82) is 0 Å². The second-order valence-corrected chi connectivity index (χ2v) is 15.6. The summed E-state index contributed by atoms with van der Waals surface area (Å²) in [6.45, 7) is 7.67. The van der Waals surface area contributed by atoms with Gasteiger partial charge in [-0.1, -0.05) is 0 Å². The number of hydrogen-bond donors (Lipinski definition) is 1. The van der Waals surface area contributed by atoms with Crippen LogP contribution in [0.2, 0.25) is 0 Å². The lowest BCUT2D eigenvalue weighted by molar-refractivity contribution is 0.0732. The Bertz CT molecular complexity index is 2010. The molecule has 3 fully saturated rings. The van der Waals surface area contributed by atoms with Crippen LogP contribution in [0.4, 0.5) is 5.69 Å². The number of likely N-dealkylation sites (N-methyl/N-ethyl adjacent to an activating group) is 1. The van der Waals surface area contributed by atoms with E-state index in [-0.39, 0.29) is 47.5 Å². The second kappa shape index (κ2) is 13.3. The van der Waals surface area contributed by atoms with Crippen LogP contribution < -0.4 is 20.0 Å². The largest absolute Gasteiger partial charge is 0.496 e. The summed E-state index contributed by atoms with van der Waals surface area (Å²) in [4.78, 5) is 46.7.